The molecular formula is C23H23F2N3O4. The Hall–Kier alpha value is -2.81. The molecule has 1 aromatic heterocycles. The number of ether oxygens (including phenoxy) is 1. The van der Waals surface area contributed by atoms with Crippen molar-refractivity contribution in [2.75, 3.05) is 13.1 Å². The average molecular weight is 443 g/mol. The van der Waals surface area contributed by atoms with Gasteiger partial charge in [0, 0.05) is 37.9 Å². The van der Waals surface area contributed by atoms with E-state index in [-0.39, 0.29) is 17.7 Å². The van der Waals surface area contributed by atoms with Gasteiger partial charge >= 0.3 is 0 Å². The van der Waals surface area contributed by atoms with Gasteiger partial charge in [-0.05, 0) is 43.4 Å². The van der Waals surface area contributed by atoms with Gasteiger partial charge in [0.25, 0.3) is 11.8 Å². The topological polar surface area (TPSA) is 75.9 Å². The quantitative estimate of drug-likeness (QED) is 0.726. The number of carbonyl (C=O) groups excluding carboxylic acids is 2. The maximum atomic E-state index is 13.8. The minimum atomic E-state index is -0.991. The number of hydrogen-bond donors (Lipinski definition) is 0. The number of halogens is 2. The fraction of sp³-hybridized carbons (Fsp3) is 0.522. The molecule has 1 spiro atoms. The lowest BCUT2D eigenvalue weighted by Gasteiger charge is -2.37. The van der Waals surface area contributed by atoms with Crippen LogP contribution < -0.4 is 0 Å². The van der Waals surface area contributed by atoms with Gasteiger partial charge in [-0.25, -0.2) is 13.8 Å². The molecule has 4 aliphatic rings. The highest BCUT2D eigenvalue weighted by atomic mass is 19.1. The third-order valence-electron chi connectivity index (χ3n) is 7.19. The Morgan fingerprint density at radius 2 is 1.78 bits per heavy atom. The van der Waals surface area contributed by atoms with Gasteiger partial charge in [0.15, 0.2) is 17.7 Å². The largest absolute Gasteiger partial charge is 0.447 e. The second kappa shape index (κ2) is 7.10. The van der Waals surface area contributed by atoms with Crippen LogP contribution in [0, 0.1) is 11.6 Å². The van der Waals surface area contributed by atoms with E-state index in [2.05, 4.69) is 4.98 Å². The number of benzene rings is 1. The van der Waals surface area contributed by atoms with Gasteiger partial charge in [0.05, 0.1) is 6.04 Å². The Morgan fingerprint density at radius 1 is 1.06 bits per heavy atom. The molecule has 2 amide bonds. The number of fused-ring (bicyclic) bond motifs is 1. The number of amides is 2. The molecule has 1 aromatic carbocycles. The first kappa shape index (κ1) is 19.8. The Kier molecular flexibility index (Phi) is 4.40. The van der Waals surface area contributed by atoms with Crippen LogP contribution in [-0.2, 0) is 9.53 Å². The van der Waals surface area contributed by atoms with Gasteiger partial charge in [0.1, 0.15) is 23.6 Å². The Labute approximate surface area is 183 Å². The average Bonchev–Trinajstić information content (AvgIpc) is 3.25. The van der Waals surface area contributed by atoms with Crippen molar-refractivity contribution in [2.24, 2.45) is 0 Å². The van der Waals surface area contributed by atoms with Crippen molar-refractivity contribution >= 4 is 11.8 Å². The Morgan fingerprint density at radius 3 is 2.47 bits per heavy atom. The van der Waals surface area contributed by atoms with Gasteiger partial charge in [-0.15, -0.1) is 0 Å². The van der Waals surface area contributed by atoms with E-state index in [0.29, 0.717) is 55.8 Å². The van der Waals surface area contributed by atoms with Gasteiger partial charge in [-0.3, -0.25) is 9.59 Å². The second-order valence-corrected chi connectivity index (χ2v) is 9.21. The fourth-order valence-corrected chi connectivity index (χ4v) is 5.41. The molecule has 1 aliphatic carbocycles. The monoisotopic (exact) mass is 443 g/mol. The summed E-state index contributed by atoms with van der Waals surface area (Å²) in [6.45, 7) is 0.753. The van der Waals surface area contributed by atoms with Crippen molar-refractivity contribution in [1.82, 2.24) is 14.8 Å². The fourth-order valence-electron chi connectivity index (χ4n) is 5.41. The van der Waals surface area contributed by atoms with E-state index in [4.69, 9.17) is 9.15 Å². The van der Waals surface area contributed by atoms with Crippen LogP contribution in [-0.4, -0.2) is 51.5 Å². The molecule has 2 atom stereocenters. The molecule has 0 radical (unpaired) electrons. The van der Waals surface area contributed by atoms with Gasteiger partial charge in [-0.1, -0.05) is 0 Å². The van der Waals surface area contributed by atoms with Crippen LogP contribution >= 0.6 is 0 Å². The molecule has 9 heteroatoms. The summed E-state index contributed by atoms with van der Waals surface area (Å²) in [5, 5.41) is 0. The summed E-state index contributed by atoms with van der Waals surface area (Å²) in [4.78, 5) is 33.9. The van der Waals surface area contributed by atoms with Gasteiger partial charge in [-0.2, -0.15) is 0 Å². The number of hydrogen-bond acceptors (Lipinski definition) is 5. The van der Waals surface area contributed by atoms with E-state index in [1.165, 1.54) is 18.5 Å². The van der Waals surface area contributed by atoms with Crippen LogP contribution in [0.15, 0.2) is 29.0 Å². The third kappa shape index (κ3) is 3.05. The minimum Gasteiger partial charge on any atom is -0.447 e. The van der Waals surface area contributed by atoms with Crippen molar-refractivity contribution in [3.63, 3.8) is 0 Å². The highest BCUT2D eigenvalue weighted by Gasteiger charge is 2.58. The predicted molar refractivity (Wildman–Crippen MR) is 106 cm³/mol. The van der Waals surface area contributed by atoms with E-state index in [1.54, 1.807) is 9.80 Å². The summed E-state index contributed by atoms with van der Waals surface area (Å²) in [6, 6.07) is 2.99. The maximum absolute atomic E-state index is 13.8. The zero-order chi connectivity index (χ0) is 22.0. The molecule has 168 valence electrons. The van der Waals surface area contributed by atoms with Crippen LogP contribution in [0.4, 0.5) is 8.78 Å². The van der Waals surface area contributed by atoms with Crippen LogP contribution in [0.25, 0.3) is 0 Å². The molecule has 0 bridgehead atoms. The first-order valence-corrected chi connectivity index (χ1v) is 11.1. The lowest BCUT2D eigenvalue weighted by atomic mass is 9.89. The van der Waals surface area contributed by atoms with E-state index in [9.17, 15) is 18.4 Å². The maximum Gasteiger partial charge on any atom is 0.276 e. The molecular weight excluding hydrogens is 420 g/mol. The number of aromatic nitrogens is 1. The molecule has 1 saturated carbocycles. The van der Waals surface area contributed by atoms with Crippen LogP contribution in [0.1, 0.15) is 72.3 Å². The molecule has 3 aliphatic heterocycles. The number of rotatable bonds is 3. The molecule has 4 heterocycles. The summed E-state index contributed by atoms with van der Waals surface area (Å²) in [5.41, 5.74) is -0.170. The molecule has 32 heavy (non-hydrogen) atoms. The standard InChI is InChI=1S/C23H23F2N3O4/c24-15-9-14(10-16(25)11-15)17-3-4-18-28(17)22(30)23(32-18)5-7-27(8-6-23)21(29)19-20(13-1-2-13)31-12-26-19/h9-13,17-18H,1-8H2/t17-,18+/m0/s1. The third-order valence-corrected chi connectivity index (χ3v) is 7.19. The summed E-state index contributed by atoms with van der Waals surface area (Å²) in [7, 11) is 0. The summed E-state index contributed by atoms with van der Waals surface area (Å²) in [6.07, 6.45) is 4.90. The first-order valence-electron chi connectivity index (χ1n) is 11.1. The number of carbonyl (C=O) groups is 2. The minimum absolute atomic E-state index is 0.151. The number of piperidine rings is 1. The number of likely N-dealkylation sites (tertiary alicyclic amines) is 1. The molecule has 2 aromatic rings. The van der Waals surface area contributed by atoms with Crippen molar-refractivity contribution in [2.45, 2.75) is 62.3 Å². The van der Waals surface area contributed by atoms with E-state index in [0.717, 1.165) is 18.9 Å². The van der Waals surface area contributed by atoms with Crippen LogP contribution in [0.2, 0.25) is 0 Å². The predicted octanol–water partition coefficient (Wildman–Crippen LogP) is 3.53. The number of oxazole rings is 1. The lowest BCUT2D eigenvalue weighted by molar-refractivity contribution is -0.142. The van der Waals surface area contributed by atoms with Crippen molar-refractivity contribution < 1.29 is 27.5 Å². The summed E-state index contributed by atoms with van der Waals surface area (Å²) in [5.74, 6) is -0.693. The highest BCUT2D eigenvalue weighted by molar-refractivity contribution is 5.94. The van der Waals surface area contributed by atoms with E-state index < -0.39 is 29.5 Å². The Bertz CT molecular complexity index is 1070. The molecule has 7 nitrogen and oxygen atoms in total. The normalized spacial score (nSPS) is 26.8. The second-order valence-electron chi connectivity index (χ2n) is 9.21. The SMILES string of the molecule is O=C(c1ncoc1C1CC1)N1CCC2(CC1)O[C@@H]1CC[C@@H](c3cc(F)cc(F)c3)N1C2=O. The van der Waals surface area contributed by atoms with Crippen molar-refractivity contribution in [3.8, 4) is 0 Å². The molecule has 3 saturated heterocycles. The van der Waals surface area contributed by atoms with Gasteiger partial charge in [0.2, 0.25) is 0 Å². The molecule has 0 N–H and O–H groups in total. The van der Waals surface area contributed by atoms with E-state index in [1.807, 2.05) is 0 Å². The smallest absolute Gasteiger partial charge is 0.276 e. The molecule has 4 fully saturated rings. The van der Waals surface area contributed by atoms with Gasteiger partial charge < -0.3 is 19.0 Å². The number of nitrogens with zero attached hydrogens (tertiary/aromatic N) is 3. The van der Waals surface area contributed by atoms with Crippen LogP contribution in [0.3, 0.4) is 0 Å². The zero-order valence-electron chi connectivity index (χ0n) is 17.4. The molecule has 0 unspecified atom stereocenters. The van der Waals surface area contributed by atoms with Crippen molar-refractivity contribution in [3.05, 3.63) is 53.2 Å². The summed E-state index contributed by atoms with van der Waals surface area (Å²) < 4.78 is 39.2. The van der Waals surface area contributed by atoms with E-state index >= 15 is 0 Å². The molecule has 6 rings (SSSR count). The first-order chi connectivity index (χ1) is 15.4. The van der Waals surface area contributed by atoms with Crippen LogP contribution in [0.5, 0.6) is 0 Å². The summed E-state index contributed by atoms with van der Waals surface area (Å²) >= 11 is 0. The lowest BCUT2D eigenvalue weighted by Crippen LogP contribution is -2.51. The zero-order valence-corrected chi connectivity index (χ0v) is 17.4. The highest BCUT2D eigenvalue weighted by Crippen LogP contribution is 2.48. The van der Waals surface area contributed by atoms with Crippen molar-refractivity contribution in [1.29, 1.82) is 0 Å². The Balaban J connectivity index is 1.18.